The van der Waals surface area contributed by atoms with Gasteiger partial charge in [-0.2, -0.15) is 0 Å². The van der Waals surface area contributed by atoms with Crippen LogP contribution >= 0.6 is 0 Å². The quantitative estimate of drug-likeness (QED) is 0.218. The molecule has 4 aliphatic carbocycles. The first-order chi connectivity index (χ1) is 21.1. The van der Waals surface area contributed by atoms with Crippen LogP contribution in [0.4, 0.5) is 0 Å². The monoisotopic (exact) mass is 622 g/mol. The number of hydrogen-bond acceptors (Lipinski definition) is 6. The molecule has 45 heavy (non-hydrogen) atoms. The number of allylic oxidation sites excluding steroid dienone is 2. The Kier molecular flexibility index (Phi) is 9.13. The van der Waals surface area contributed by atoms with Crippen LogP contribution in [-0.2, 0) is 14.3 Å². The van der Waals surface area contributed by atoms with Crippen molar-refractivity contribution in [1.82, 2.24) is 0 Å². The highest BCUT2D eigenvalue weighted by atomic mass is 16.5. The number of benzene rings is 1. The molecule has 7 nitrogen and oxygen atoms in total. The number of carboxylic acid groups (broad SMARTS) is 1. The van der Waals surface area contributed by atoms with Crippen LogP contribution in [0.5, 0.6) is 5.75 Å². The fourth-order valence-electron chi connectivity index (χ4n) is 11.1. The lowest BCUT2D eigenvalue weighted by molar-refractivity contribution is -0.234. The van der Waals surface area contributed by atoms with Crippen LogP contribution in [0.25, 0.3) is 5.57 Å². The number of para-hydroxylation sites is 1. The third-order valence-electron chi connectivity index (χ3n) is 13.3. The van der Waals surface area contributed by atoms with Crippen molar-refractivity contribution < 1.29 is 34.4 Å². The molecule has 0 radical (unpaired) electrons. The number of carbonyl (C=O) groups excluding carboxylic acids is 1. The van der Waals surface area contributed by atoms with E-state index in [0.717, 1.165) is 48.1 Å². The molecule has 7 heteroatoms. The van der Waals surface area contributed by atoms with Crippen LogP contribution in [0.1, 0.15) is 105 Å². The Morgan fingerprint density at radius 2 is 1.64 bits per heavy atom. The molecule has 10 atom stereocenters. The number of aliphatic hydroxyl groups is 2. The molecule has 0 aromatic heterocycles. The van der Waals surface area contributed by atoms with Crippen molar-refractivity contribution in [2.45, 2.75) is 118 Å². The molecule has 3 N–H and O–H groups in total. The van der Waals surface area contributed by atoms with Gasteiger partial charge in [0.05, 0.1) is 19.3 Å². The summed E-state index contributed by atoms with van der Waals surface area (Å²) < 4.78 is 11.6. The second-order valence-electron chi connectivity index (χ2n) is 15.5. The first kappa shape index (κ1) is 33.7. The maximum absolute atomic E-state index is 13.2. The lowest BCUT2D eigenvalue weighted by Crippen LogP contribution is -2.65. The van der Waals surface area contributed by atoms with Gasteiger partial charge in [-0.25, -0.2) is 4.79 Å². The molecule has 4 fully saturated rings. The number of aliphatic hydroxyl groups excluding tert-OH is 2. The minimum atomic E-state index is -0.993. The van der Waals surface area contributed by atoms with Crippen LogP contribution in [0, 0.1) is 39.9 Å². The number of esters is 1. The molecule has 0 aliphatic heterocycles. The van der Waals surface area contributed by atoms with Crippen molar-refractivity contribution in [2.75, 3.05) is 7.11 Å². The van der Waals surface area contributed by atoms with E-state index < -0.39 is 24.1 Å². The van der Waals surface area contributed by atoms with Gasteiger partial charge < -0.3 is 24.8 Å². The summed E-state index contributed by atoms with van der Waals surface area (Å²) in [5, 5.41) is 33.7. The largest absolute Gasteiger partial charge is 0.496 e. The molecule has 5 rings (SSSR count). The zero-order chi connectivity index (χ0) is 33.1. The fraction of sp³-hybridized carbons (Fsp3) is 0.684. The highest BCUT2D eigenvalue weighted by Crippen LogP contribution is 2.74. The number of fused-ring (bicyclic) bond motifs is 5. The van der Waals surface area contributed by atoms with Gasteiger partial charge in [-0.15, -0.1) is 0 Å². The predicted molar refractivity (Wildman–Crippen MR) is 174 cm³/mol. The topological polar surface area (TPSA) is 113 Å². The van der Waals surface area contributed by atoms with Crippen LogP contribution in [0.2, 0.25) is 0 Å². The highest BCUT2D eigenvalue weighted by Gasteiger charge is 2.70. The second kappa shape index (κ2) is 12.2. The molecule has 0 bridgehead atoms. The predicted octanol–water partition coefficient (Wildman–Crippen LogP) is 7.20. The fourth-order valence-corrected chi connectivity index (χ4v) is 11.1. The van der Waals surface area contributed by atoms with Gasteiger partial charge >= 0.3 is 11.9 Å². The Morgan fingerprint density at radius 3 is 2.27 bits per heavy atom. The average molecular weight is 623 g/mol. The summed E-state index contributed by atoms with van der Waals surface area (Å²) in [6, 6.07) is 7.80. The number of rotatable bonds is 7. The molecule has 0 saturated heterocycles. The van der Waals surface area contributed by atoms with Crippen molar-refractivity contribution in [2.24, 2.45) is 39.9 Å². The van der Waals surface area contributed by atoms with Gasteiger partial charge in [-0.3, -0.25) is 4.79 Å². The molecule has 0 heterocycles. The SMILES string of the molecule is COc1ccccc1C(CCC(C(=O)O)=C1[C@@H](OC(C)=O)C[C@@]2(C)[C@@H]1C[C@@H](O)[C@@H]1[C@@]3(C)CC[C@@H](O)[C@@H](C)C3CC[C@@]12C)=C(C)C. The van der Waals surface area contributed by atoms with E-state index in [1.54, 1.807) is 7.11 Å². The van der Waals surface area contributed by atoms with Crippen LogP contribution < -0.4 is 4.74 Å². The lowest BCUT2D eigenvalue weighted by Gasteiger charge is -2.69. The van der Waals surface area contributed by atoms with Gasteiger partial charge in [0.1, 0.15) is 11.9 Å². The van der Waals surface area contributed by atoms with Gasteiger partial charge in [-0.05, 0) is 122 Å². The minimum absolute atomic E-state index is 0.00776. The molecule has 4 saturated carbocycles. The van der Waals surface area contributed by atoms with Crippen LogP contribution in [0.3, 0.4) is 0 Å². The normalized spacial score (nSPS) is 40.0. The number of methoxy groups -OCH3 is 1. The Bertz CT molecular complexity index is 1390. The zero-order valence-electron chi connectivity index (χ0n) is 28.5. The van der Waals surface area contributed by atoms with E-state index in [1.165, 1.54) is 6.92 Å². The number of carbonyl (C=O) groups is 2. The van der Waals surface area contributed by atoms with E-state index in [1.807, 2.05) is 38.1 Å². The molecule has 1 aromatic rings. The van der Waals surface area contributed by atoms with Crippen molar-refractivity contribution >= 4 is 17.5 Å². The Labute approximate surface area is 269 Å². The number of hydrogen-bond donors (Lipinski definition) is 3. The molecule has 0 amide bonds. The first-order valence-corrected chi connectivity index (χ1v) is 16.9. The molecule has 4 aliphatic rings. The summed E-state index contributed by atoms with van der Waals surface area (Å²) in [7, 11) is 1.64. The number of aliphatic carboxylic acids is 1. The molecular formula is C38H54O7. The number of carboxylic acids is 1. The van der Waals surface area contributed by atoms with Gasteiger partial charge in [0.2, 0.25) is 0 Å². The first-order valence-electron chi connectivity index (χ1n) is 16.9. The van der Waals surface area contributed by atoms with E-state index >= 15 is 0 Å². The van der Waals surface area contributed by atoms with Crippen molar-refractivity contribution in [1.29, 1.82) is 0 Å². The molecular weight excluding hydrogens is 568 g/mol. The Hall–Kier alpha value is -2.64. The molecule has 1 aromatic carbocycles. The molecule has 1 unspecified atom stereocenters. The van der Waals surface area contributed by atoms with E-state index in [0.29, 0.717) is 36.3 Å². The van der Waals surface area contributed by atoms with E-state index in [-0.39, 0.29) is 46.5 Å². The van der Waals surface area contributed by atoms with E-state index in [9.17, 15) is 24.9 Å². The zero-order valence-corrected chi connectivity index (χ0v) is 28.5. The summed E-state index contributed by atoms with van der Waals surface area (Å²) >= 11 is 0. The average Bonchev–Trinajstić information content (AvgIpc) is 3.24. The summed E-state index contributed by atoms with van der Waals surface area (Å²) in [5.74, 6) is -0.395. The smallest absolute Gasteiger partial charge is 0.331 e. The Morgan fingerprint density at radius 1 is 0.956 bits per heavy atom. The van der Waals surface area contributed by atoms with Gasteiger partial charge in [0, 0.05) is 18.1 Å². The van der Waals surface area contributed by atoms with E-state index in [4.69, 9.17) is 9.47 Å². The second-order valence-corrected chi connectivity index (χ2v) is 15.5. The van der Waals surface area contributed by atoms with Gasteiger partial charge in [0.25, 0.3) is 0 Å². The lowest BCUT2D eigenvalue weighted by atomic mass is 9.36. The highest BCUT2D eigenvalue weighted by molar-refractivity contribution is 5.89. The molecule has 248 valence electrons. The summed E-state index contributed by atoms with van der Waals surface area (Å²) in [5.41, 5.74) is 3.25. The maximum atomic E-state index is 13.2. The van der Waals surface area contributed by atoms with Crippen molar-refractivity contribution in [3.63, 3.8) is 0 Å². The van der Waals surface area contributed by atoms with Crippen LogP contribution in [-0.4, -0.2) is 52.7 Å². The van der Waals surface area contributed by atoms with Gasteiger partial charge in [0.15, 0.2) is 0 Å². The maximum Gasteiger partial charge on any atom is 0.331 e. The van der Waals surface area contributed by atoms with Crippen molar-refractivity contribution in [3.05, 3.63) is 46.5 Å². The van der Waals surface area contributed by atoms with Gasteiger partial charge in [-0.1, -0.05) is 51.5 Å². The van der Waals surface area contributed by atoms with Crippen molar-refractivity contribution in [3.8, 4) is 5.75 Å². The minimum Gasteiger partial charge on any atom is -0.496 e. The van der Waals surface area contributed by atoms with E-state index in [2.05, 4.69) is 27.7 Å². The third kappa shape index (κ3) is 5.36. The Balaban J connectivity index is 1.58. The standard InChI is InChI=1S/C38H54O7/c1-21(2)24(25-11-9-10-12-31(25)44-8)13-14-26(35(42)43)33-28-19-30(41)34-36(5)17-16-29(40)22(3)27(36)15-18-37(34,6)38(28,7)20-32(33)45-23(4)39/h9-12,22,27-30,32,34,40-41H,13-20H2,1-8H3,(H,42,43)/t22-,27?,28+,29+,30+,32-,34+,36-,37-,38-/m0/s1. The summed E-state index contributed by atoms with van der Waals surface area (Å²) in [6.45, 7) is 14.5. The molecule has 0 spiro atoms. The number of ether oxygens (including phenoxy) is 2. The summed E-state index contributed by atoms with van der Waals surface area (Å²) in [6.07, 6.45) is 3.63. The summed E-state index contributed by atoms with van der Waals surface area (Å²) in [4.78, 5) is 25.7. The third-order valence-corrected chi connectivity index (χ3v) is 13.3. The van der Waals surface area contributed by atoms with Crippen LogP contribution in [0.15, 0.2) is 41.0 Å².